The van der Waals surface area contributed by atoms with E-state index in [1.807, 2.05) is 0 Å². The van der Waals surface area contributed by atoms with Crippen molar-refractivity contribution in [1.29, 1.82) is 0 Å². The van der Waals surface area contributed by atoms with Gasteiger partial charge in [-0.05, 0) is 24.3 Å². The normalized spacial score (nSPS) is 11.7. The summed E-state index contributed by atoms with van der Waals surface area (Å²) >= 11 is 5.70. The van der Waals surface area contributed by atoms with Gasteiger partial charge < -0.3 is 4.42 Å². The van der Waals surface area contributed by atoms with Gasteiger partial charge in [-0.1, -0.05) is 11.6 Å². The van der Waals surface area contributed by atoms with Crippen LogP contribution in [0, 0.1) is 6.92 Å². The number of hydrogen-bond acceptors (Lipinski definition) is 4. The molecule has 0 saturated carbocycles. The van der Waals surface area contributed by atoms with E-state index in [9.17, 15) is 8.42 Å². The number of aryl methyl sites for hydroxylation is 1. The van der Waals surface area contributed by atoms with Crippen LogP contribution in [0.5, 0.6) is 0 Å². The Bertz CT molecular complexity index is 635. The minimum absolute atomic E-state index is 0.0856. The topological polar surface area (TPSA) is 72.2 Å². The van der Waals surface area contributed by atoms with Gasteiger partial charge in [0.2, 0.25) is 10.0 Å². The summed E-state index contributed by atoms with van der Waals surface area (Å²) in [5, 5.41) is 0.487. The molecule has 0 aliphatic carbocycles. The molecule has 5 nitrogen and oxygen atoms in total. The maximum Gasteiger partial charge on any atom is 0.240 e. The van der Waals surface area contributed by atoms with Gasteiger partial charge in [0, 0.05) is 11.9 Å². The molecule has 0 fully saturated rings. The number of halogens is 1. The molecule has 96 valence electrons. The summed E-state index contributed by atoms with van der Waals surface area (Å²) in [4.78, 5) is 4.17. The average molecular weight is 287 g/mol. The van der Waals surface area contributed by atoms with Crippen molar-refractivity contribution in [2.75, 3.05) is 0 Å². The van der Waals surface area contributed by atoms with Crippen molar-refractivity contribution >= 4 is 21.6 Å². The maximum atomic E-state index is 11.9. The van der Waals surface area contributed by atoms with Gasteiger partial charge in [0.05, 0.1) is 17.1 Å². The molecule has 0 aliphatic heterocycles. The molecule has 1 aromatic heterocycles. The van der Waals surface area contributed by atoms with Crippen LogP contribution in [-0.4, -0.2) is 13.4 Å². The quantitative estimate of drug-likeness (QED) is 0.934. The molecule has 0 unspecified atom stereocenters. The van der Waals surface area contributed by atoms with Crippen molar-refractivity contribution in [2.45, 2.75) is 18.4 Å². The van der Waals surface area contributed by atoms with Crippen LogP contribution in [-0.2, 0) is 16.6 Å². The predicted molar refractivity (Wildman–Crippen MR) is 66.7 cm³/mol. The highest BCUT2D eigenvalue weighted by Crippen LogP contribution is 2.14. The Morgan fingerprint density at radius 1 is 1.33 bits per heavy atom. The SMILES string of the molecule is Cc1nc(CNS(=O)(=O)c2ccc(Cl)cc2)co1. The first-order chi connectivity index (χ1) is 8.47. The fourth-order valence-corrected chi connectivity index (χ4v) is 2.48. The zero-order valence-electron chi connectivity index (χ0n) is 9.55. The molecule has 0 spiro atoms. The van der Waals surface area contributed by atoms with Gasteiger partial charge in [-0.2, -0.15) is 0 Å². The third-order valence-corrected chi connectivity index (χ3v) is 3.90. The first kappa shape index (κ1) is 13.1. The summed E-state index contributed by atoms with van der Waals surface area (Å²) in [6.45, 7) is 1.78. The number of aromatic nitrogens is 1. The van der Waals surface area contributed by atoms with E-state index in [4.69, 9.17) is 16.0 Å². The standard InChI is InChI=1S/C11H11ClN2O3S/c1-8-14-10(7-17-8)6-13-18(15,16)11-4-2-9(12)3-5-11/h2-5,7,13H,6H2,1H3. The lowest BCUT2D eigenvalue weighted by molar-refractivity contribution is 0.520. The lowest BCUT2D eigenvalue weighted by atomic mass is 10.4. The zero-order valence-corrected chi connectivity index (χ0v) is 11.1. The van der Waals surface area contributed by atoms with Crippen molar-refractivity contribution in [1.82, 2.24) is 9.71 Å². The summed E-state index contributed by atoms with van der Waals surface area (Å²) in [6, 6.07) is 5.93. The van der Waals surface area contributed by atoms with Gasteiger partial charge in [-0.25, -0.2) is 18.1 Å². The van der Waals surface area contributed by atoms with Gasteiger partial charge in [-0.3, -0.25) is 0 Å². The second-order valence-electron chi connectivity index (χ2n) is 3.64. The summed E-state index contributed by atoms with van der Waals surface area (Å²) < 4.78 is 31.2. The first-order valence-corrected chi connectivity index (χ1v) is 7.00. The summed E-state index contributed by atoms with van der Waals surface area (Å²) in [6.07, 6.45) is 1.42. The van der Waals surface area contributed by atoms with E-state index in [1.165, 1.54) is 30.5 Å². The number of benzene rings is 1. The molecule has 0 radical (unpaired) electrons. The Hall–Kier alpha value is -1.37. The van der Waals surface area contributed by atoms with Crippen molar-refractivity contribution in [3.05, 3.63) is 47.1 Å². The van der Waals surface area contributed by atoms with Crippen LogP contribution in [0.3, 0.4) is 0 Å². The van der Waals surface area contributed by atoms with E-state index in [0.29, 0.717) is 16.6 Å². The van der Waals surface area contributed by atoms with Gasteiger partial charge in [0.25, 0.3) is 0 Å². The fraction of sp³-hybridized carbons (Fsp3) is 0.182. The molecular weight excluding hydrogens is 276 g/mol. The van der Waals surface area contributed by atoms with Crippen LogP contribution in [0.4, 0.5) is 0 Å². The molecule has 7 heteroatoms. The number of nitrogens with one attached hydrogen (secondary N) is 1. The average Bonchev–Trinajstić information content (AvgIpc) is 2.73. The Labute approximate surface area is 110 Å². The molecule has 1 N–H and O–H groups in total. The fourth-order valence-electron chi connectivity index (χ4n) is 1.36. The zero-order chi connectivity index (χ0) is 13.2. The lowest BCUT2D eigenvalue weighted by Crippen LogP contribution is -2.23. The van der Waals surface area contributed by atoms with Crippen LogP contribution in [0.1, 0.15) is 11.6 Å². The molecule has 2 rings (SSSR count). The van der Waals surface area contributed by atoms with Crippen LogP contribution >= 0.6 is 11.6 Å². The van der Waals surface area contributed by atoms with Gasteiger partial charge in [0.15, 0.2) is 5.89 Å². The van der Waals surface area contributed by atoms with Gasteiger partial charge >= 0.3 is 0 Å². The van der Waals surface area contributed by atoms with Crippen molar-refractivity contribution < 1.29 is 12.8 Å². The van der Waals surface area contributed by atoms with E-state index in [2.05, 4.69) is 9.71 Å². The largest absolute Gasteiger partial charge is 0.449 e. The number of rotatable bonds is 4. The van der Waals surface area contributed by atoms with Crippen LogP contribution in [0.2, 0.25) is 5.02 Å². The molecule has 0 atom stereocenters. The van der Waals surface area contributed by atoms with Crippen molar-refractivity contribution in [2.24, 2.45) is 0 Å². The van der Waals surface area contributed by atoms with Crippen molar-refractivity contribution in [3.8, 4) is 0 Å². The second kappa shape index (κ2) is 5.09. The molecule has 1 aromatic carbocycles. The first-order valence-electron chi connectivity index (χ1n) is 5.13. The molecule has 18 heavy (non-hydrogen) atoms. The Balaban J connectivity index is 2.10. The van der Waals surface area contributed by atoms with E-state index in [0.717, 1.165) is 0 Å². The maximum absolute atomic E-state index is 11.9. The second-order valence-corrected chi connectivity index (χ2v) is 5.84. The highest BCUT2D eigenvalue weighted by atomic mass is 35.5. The van der Waals surface area contributed by atoms with E-state index in [-0.39, 0.29) is 11.4 Å². The van der Waals surface area contributed by atoms with Gasteiger partial charge in [-0.15, -0.1) is 0 Å². The van der Waals surface area contributed by atoms with Gasteiger partial charge in [0.1, 0.15) is 6.26 Å². The van der Waals surface area contributed by atoms with Crippen LogP contribution in [0.25, 0.3) is 0 Å². The monoisotopic (exact) mass is 286 g/mol. The third-order valence-electron chi connectivity index (χ3n) is 2.23. The summed E-state index contributed by atoms with van der Waals surface area (Å²) in [5.74, 6) is 0.496. The van der Waals surface area contributed by atoms with Crippen LogP contribution < -0.4 is 4.72 Å². The molecule has 2 aromatic rings. The highest BCUT2D eigenvalue weighted by molar-refractivity contribution is 7.89. The van der Waals surface area contributed by atoms with E-state index >= 15 is 0 Å². The Morgan fingerprint density at radius 2 is 2.00 bits per heavy atom. The number of nitrogens with zero attached hydrogens (tertiary/aromatic N) is 1. The Kier molecular flexibility index (Phi) is 3.70. The van der Waals surface area contributed by atoms with Crippen LogP contribution in [0.15, 0.2) is 39.8 Å². The minimum atomic E-state index is -3.56. The smallest absolute Gasteiger partial charge is 0.240 e. The van der Waals surface area contributed by atoms with Crippen molar-refractivity contribution in [3.63, 3.8) is 0 Å². The predicted octanol–water partition coefficient (Wildman–Crippen LogP) is 2.11. The number of hydrogen-bond donors (Lipinski definition) is 1. The molecule has 1 heterocycles. The highest BCUT2D eigenvalue weighted by Gasteiger charge is 2.14. The summed E-state index contributed by atoms with van der Waals surface area (Å²) in [5.41, 5.74) is 0.532. The molecule has 0 bridgehead atoms. The number of sulfonamides is 1. The third kappa shape index (κ3) is 3.10. The molecule has 0 aliphatic rings. The Morgan fingerprint density at radius 3 is 2.56 bits per heavy atom. The molecular formula is C11H11ClN2O3S. The summed E-state index contributed by atoms with van der Waals surface area (Å²) in [7, 11) is -3.56. The minimum Gasteiger partial charge on any atom is -0.449 e. The number of oxazole rings is 1. The molecule has 0 saturated heterocycles. The van der Waals surface area contributed by atoms with E-state index in [1.54, 1.807) is 6.92 Å². The van der Waals surface area contributed by atoms with E-state index < -0.39 is 10.0 Å². The molecule has 0 amide bonds. The lowest BCUT2D eigenvalue weighted by Gasteiger charge is -2.04.